The number of nitrogens with zero attached hydrogens (tertiary/aromatic N) is 2. The minimum atomic E-state index is -5.43. The highest BCUT2D eigenvalue weighted by molar-refractivity contribution is 6.00. The summed E-state index contributed by atoms with van der Waals surface area (Å²) in [6, 6.07) is 9.59. The number of nitrogens with two attached hydrogens (primary N) is 1. The largest absolute Gasteiger partial charge is 0.489 e. The Labute approximate surface area is 281 Å². The van der Waals surface area contributed by atoms with Crippen molar-refractivity contribution in [2.75, 3.05) is 26.4 Å². The number of pyridine rings is 2. The number of primary amides is 1. The van der Waals surface area contributed by atoms with Crippen LogP contribution in [0.25, 0.3) is 22.2 Å². The number of amides is 3. The van der Waals surface area contributed by atoms with Crippen molar-refractivity contribution in [1.82, 2.24) is 20.6 Å². The van der Waals surface area contributed by atoms with E-state index in [1.807, 2.05) is 0 Å². The van der Waals surface area contributed by atoms with Crippen LogP contribution >= 0.6 is 0 Å². The lowest BCUT2D eigenvalue weighted by Gasteiger charge is -2.38. The minimum absolute atomic E-state index is 0.0642. The molecule has 2 aliphatic heterocycles. The topological polar surface area (TPSA) is 175 Å². The number of alkyl halides is 3. The standard InChI is InChI=1S/C34H31F4N5O7/c1-17-8-19-9-20(10-23(25(19)40-12-17)50-30(46)43-31(2)14-48-15-31)28(44)41-13-33(47,34(36,37)38)24-11-22-27(49-16-32(22,3)29(39)45)26(42-24)18-4-6-21(35)7-5-18/h4-12,47H,13-16H2,1-3H3,(H2,39,45)(H,41,44)(H,43,46)/t32-,33-/m0/s1. The molecule has 0 spiro atoms. The maximum absolute atomic E-state index is 14.9. The Morgan fingerprint density at radius 1 is 1.06 bits per heavy atom. The first kappa shape index (κ1) is 34.5. The molecule has 262 valence electrons. The summed E-state index contributed by atoms with van der Waals surface area (Å²) in [6.07, 6.45) is -4.78. The predicted octanol–water partition coefficient (Wildman–Crippen LogP) is 3.94. The normalized spacial score (nSPS) is 19.0. The van der Waals surface area contributed by atoms with E-state index in [-0.39, 0.29) is 59.2 Å². The molecule has 0 radical (unpaired) electrons. The van der Waals surface area contributed by atoms with E-state index >= 15 is 0 Å². The number of halogens is 4. The van der Waals surface area contributed by atoms with Gasteiger partial charge in [-0.15, -0.1) is 0 Å². The smallest absolute Gasteiger partial charge is 0.424 e. The summed E-state index contributed by atoms with van der Waals surface area (Å²) in [6.45, 7) is 3.58. The second kappa shape index (κ2) is 12.2. The van der Waals surface area contributed by atoms with Crippen molar-refractivity contribution in [1.29, 1.82) is 0 Å². The van der Waals surface area contributed by atoms with Gasteiger partial charge in [0.25, 0.3) is 5.91 Å². The highest BCUT2D eigenvalue weighted by Crippen LogP contribution is 2.47. The number of carbonyl (C=O) groups is 3. The molecule has 2 aromatic carbocycles. The Balaban J connectivity index is 1.37. The fourth-order valence-corrected chi connectivity index (χ4v) is 5.64. The van der Waals surface area contributed by atoms with Crippen LogP contribution in [0.1, 0.15) is 41.0 Å². The Morgan fingerprint density at radius 2 is 1.76 bits per heavy atom. The molecule has 2 atom stereocenters. The Kier molecular flexibility index (Phi) is 8.43. The lowest BCUT2D eigenvalue weighted by Crippen LogP contribution is -2.60. The number of carbonyl (C=O) groups excluding carboxylic acids is 3. The van der Waals surface area contributed by atoms with Gasteiger partial charge < -0.3 is 35.7 Å². The zero-order chi connectivity index (χ0) is 36.2. The number of benzene rings is 2. The molecule has 4 aromatic rings. The first-order valence-electron chi connectivity index (χ1n) is 15.2. The van der Waals surface area contributed by atoms with Crippen molar-refractivity contribution in [3.05, 3.63) is 82.9 Å². The van der Waals surface area contributed by atoms with Gasteiger partial charge in [-0.1, -0.05) is 0 Å². The molecule has 4 heterocycles. The number of fused-ring (bicyclic) bond motifs is 2. The molecule has 2 aliphatic rings. The molecule has 5 N–H and O–H groups in total. The van der Waals surface area contributed by atoms with Crippen LogP contribution in [0.2, 0.25) is 0 Å². The Bertz CT molecular complexity index is 2040. The lowest BCUT2D eigenvalue weighted by molar-refractivity contribution is -0.265. The number of hydrogen-bond acceptors (Lipinski definition) is 9. The third kappa shape index (κ3) is 6.15. The maximum Gasteiger partial charge on any atom is 0.424 e. The van der Waals surface area contributed by atoms with E-state index in [4.69, 9.17) is 19.9 Å². The predicted molar refractivity (Wildman–Crippen MR) is 169 cm³/mol. The summed E-state index contributed by atoms with van der Waals surface area (Å²) in [5.74, 6) is -2.81. The van der Waals surface area contributed by atoms with Gasteiger partial charge in [-0.05, 0) is 74.9 Å². The summed E-state index contributed by atoms with van der Waals surface area (Å²) in [7, 11) is 0. The Morgan fingerprint density at radius 3 is 2.38 bits per heavy atom. The molecule has 0 aliphatic carbocycles. The second-order valence-corrected chi connectivity index (χ2v) is 12.9. The van der Waals surface area contributed by atoms with Gasteiger partial charge in [0.2, 0.25) is 11.5 Å². The van der Waals surface area contributed by atoms with Crippen LogP contribution in [0.5, 0.6) is 11.5 Å². The first-order valence-corrected chi connectivity index (χ1v) is 15.2. The van der Waals surface area contributed by atoms with Crippen molar-refractivity contribution in [2.24, 2.45) is 5.73 Å². The zero-order valence-corrected chi connectivity index (χ0v) is 26.9. The summed E-state index contributed by atoms with van der Waals surface area (Å²) in [5, 5.41) is 16.5. The van der Waals surface area contributed by atoms with Crippen molar-refractivity contribution in [3.63, 3.8) is 0 Å². The van der Waals surface area contributed by atoms with E-state index in [0.29, 0.717) is 10.9 Å². The summed E-state index contributed by atoms with van der Waals surface area (Å²) in [4.78, 5) is 47.1. The second-order valence-electron chi connectivity index (χ2n) is 12.9. The van der Waals surface area contributed by atoms with E-state index in [1.54, 1.807) is 19.9 Å². The van der Waals surface area contributed by atoms with E-state index in [2.05, 4.69) is 20.6 Å². The first-order chi connectivity index (χ1) is 23.4. The zero-order valence-electron chi connectivity index (χ0n) is 26.9. The van der Waals surface area contributed by atoms with Gasteiger partial charge in [0, 0.05) is 28.3 Å². The molecule has 16 heteroatoms. The van der Waals surface area contributed by atoms with Crippen molar-refractivity contribution < 1.29 is 51.3 Å². The number of aliphatic hydroxyl groups is 1. The monoisotopic (exact) mass is 697 g/mol. The molecule has 6 rings (SSSR count). The van der Waals surface area contributed by atoms with Crippen LogP contribution in [0, 0.1) is 12.7 Å². The number of hydrogen-bond donors (Lipinski definition) is 4. The molecule has 50 heavy (non-hydrogen) atoms. The molecule has 3 amide bonds. The number of aryl methyl sites for hydroxylation is 1. The number of rotatable bonds is 8. The fourth-order valence-electron chi connectivity index (χ4n) is 5.64. The highest BCUT2D eigenvalue weighted by Gasteiger charge is 2.57. The van der Waals surface area contributed by atoms with E-state index < -0.39 is 58.7 Å². The summed E-state index contributed by atoms with van der Waals surface area (Å²) in [5.41, 5.74) is -0.940. The van der Waals surface area contributed by atoms with Gasteiger partial charge >= 0.3 is 12.3 Å². The number of ether oxygens (including phenoxy) is 3. The molecule has 1 fully saturated rings. The van der Waals surface area contributed by atoms with E-state index in [1.165, 1.54) is 31.3 Å². The molecular weight excluding hydrogens is 666 g/mol. The molecule has 12 nitrogen and oxygen atoms in total. The van der Waals surface area contributed by atoms with Gasteiger partial charge in [0.05, 0.1) is 31.0 Å². The highest BCUT2D eigenvalue weighted by atomic mass is 19.4. The average molecular weight is 698 g/mol. The van der Waals surface area contributed by atoms with E-state index in [9.17, 15) is 37.1 Å². The van der Waals surface area contributed by atoms with Crippen LogP contribution < -0.4 is 25.8 Å². The van der Waals surface area contributed by atoms with Gasteiger partial charge in [-0.3, -0.25) is 14.6 Å². The maximum atomic E-state index is 14.9. The summed E-state index contributed by atoms with van der Waals surface area (Å²) < 4.78 is 74.6. The van der Waals surface area contributed by atoms with Gasteiger partial charge in [0.15, 0.2) is 5.75 Å². The van der Waals surface area contributed by atoms with E-state index in [0.717, 1.165) is 24.3 Å². The fraction of sp³-hybridized carbons (Fsp3) is 0.324. The third-order valence-corrected chi connectivity index (χ3v) is 8.73. The quantitative estimate of drug-likeness (QED) is 0.199. The molecule has 0 unspecified atom stereocenters. The van der Waals surface area contributed by atoms with Crippen LogP contribution in [0.4, 0.5) is 22.4 Å². The van der Waals surface area contributed by atoms with Gasteiger partial charge in [0.1, 0.15) is 34.8 Å². The van der Waals surface area contributed by atoms with Crippen molar-refractivity contribution >= 4 is 28.8 Å². The van der Waals surface area contributed by atoms with Crippen molar-refractivity contribution in [3.8, 4) is 22.8 Å². The molecule has 0 bridgehead atoms. The Hall–Kier alpha value is -5.35. The summed E-state index contributed by atoms with van der Waals surface area (Å²) >= 11 is 0. The average Bonchev–Trinajstić information content (AvgIpc) is 3.39. The number of aromatic nitrogens is 2. The molecule has 2 aromatic heterocycles. The van der Waals surface area contributed by atoms with Crippen molar-refractivity contribution in [2.45, 2.75) is 43.5 Å². The lowest BCUT2D eigenvalue weighted by atomic mass is 9.81. The number of nitrogens with one attached hydrogen (secondary N) is 2. The van der Waals surface area contributed by atoms with Crippen LogP contribution in [0.3, 0.4) is 0 Å². The molecular formula is C34H31F4N5O7. The molecule has 1 saturated heterocycles. The van der Waals surface area contributed by atoms with Crippen LogP contribution in [0.15, 0.2) is 54.7 Å². The minimum Gasteiger partial charge on any atom is -0.489 e. The van der Waals surface area contributed by atoms with Gasteiger partial charge in [-0.25, -0.2) is 14.2 Å². The van der Waals surface area contributed by atoms with Crippen LogP contribution in [-0.2, 0) is 20.5 Å². The molecule has 0 saturated carbocycles. The SMILES string of the molecule is Cc1cnc2c(OC(=O)NC3(C)COC3)cc(C(=O)NC[C@](O)(c3cc4c(c(-c5ccc(F)cc5)n3)OC[C@]4(C)C(N)=O)C(F)(F)F)cc2c1. The third-order valence-electron chi connectivity index (χ3n) is 8.73. The van der Waals surface area contributed by atoms with Gasteiger partial charge in [-0.2, -0.15) is 13.2 Å². The van der Waals surface area contributed by atoms with Crippen LogP contribution in [-0.4, -0.2) is 71.1 Å².